The zero-order valence-corrected chi connectivity index (χ0v) is 14.8. The molecular formula is C17H32BrN. The molecule has 0 aromatic rings. The number of rotatable bonds is 3. The maximum atomic E-state index is 3.72. The second-order valence-electron chi connectivity index (χ2n) is 8.08. The molecule has 0 amide bonds. The topological polar surface area (TPSA) is 3.24 Å². The van der Waals surface area contributed by atoms with Crippen LogP contribution in [-0.4, -0.2) is 29.9 Å². The largest absolute Gasteiger partial charge is 0.303 e. The molecule has 1 atom stereocenters. The Morgan fingerprint density at radius 1 is 1.00 bits per heavy atom. The first-order chi connectivity index (χ1) is 8.95. The lowest BCUT2D eigenvalue weighted by atomic mass is 9.68. The van der Waals surface area contributed by atoms with Crippen molar-refractivity contribution in [1.82, 2.24) is 4.90 Å². The van der Waals surface area contributed by atoms with Gasteiger partial charge >= 0.3 is 0 Å². The van der Waals surface area contributed by atoms with E-state index in [4.69, 9.17) is 0 Å². The highest BCUT2D eigenvalue weighted by Gasteiger charge is 2.36. The number of alkyl halides is 1. The summed E-state index contributed by atoms with van der Waals surface area (Å²) in [4.78, 5) is 2.73. The lowest BCUT2D eigenvalue weighted by Gasteiger charge is -2.46. The molecule has 0 N–H and O–H groups in total. The Morgan fingerprint density at radius 2 is 1.58 bits per heavy atom. The molecule has 0 bridgehead atoms. The maximum absolute atomic E-state index is 3.72. The molecule has 0 aromatic carbocycles. The van der Waals surface area contributed by atoms with Crippen molar-refractivity contribution in [2.45, 2.75) is 65.7 Å². The molecule has 1 aliphatic heterocycles. The molecule has 1 saturated heterocycles. The second kappa shape index (κ2) is 6.47. The van der Waals surface area contributed by atoms with E-state index in [1.807, 2.05) is 0 Å². The van der Waals surface area contributed by atoms with E-state index < -0.39 is 0 Å². The van der Waals surface area contributed by atoms with E-state index in [0.717, 1.165) is 16.7 Å². The van der Waals surface area contributed by atoms with Crippen molar-refractivity contribution < 1.29 is 0 Å². The minimum absolute atomic E-state index is 0.420. The Labute approximate surface area is 128 Å². The van der Waals surface area contributed by atoms with Crippen molar-refractivity contribution in [2.24, 2.45) is 16.7 Å². The van der Waals surface area contributed by atoms with Crippen LogP contribution in [0.2, 0.25) is 0 Å². The summed E-state index contributed by atoms with van der Waals surface area (Å²) in [5, 5.41) is 1.14. The SMILES string of the molecule is CC(C)(C)C(CBr)CN1CCC2(CCCCC2)CC1. The van der Waals surface area contributed by atoms with Crippen LogP contribution in [-0.2, 0) is 0 Å². The van der Waals surface area contributed by atoms with E-state index in [0.29, 0.717) is 5.41 Å². The smallest absolute Gasteiger partial charge is 0.00768 e. The number of piperidine rings is 1. The predicted octanol–water partition coefficient (Wildman–Crippen LogP) is 5.09. The molecule has 19 heavy (non-hydrogen) atoms. The summed E-state index contributed by atoms with van der Waals surface area (Å²) < 4.78 is 0. The van der Waals surface area contributed by atoms with Gasteiger partial charge in [0.1, 0.15) is 0 Å². The van der Waals surface area contributed by atoms with Gasteiger partial charge in [0.15, 0.2) is 0 Å². The summed E-state index contributed by atoms with van der Waals surface area (Å²) in [6.45, 7) is 11.1. The standard InChI is InChI=1S/C17H32BrN/c1-16(2,3)15(13-18)14-19-11-9-17(10-12-19)7-5-4-6-8-17/h15H,4-14H2,1-3H3. The van der Waals surface area contributed by atoms with Crippen molar-refractivity contribution in [3.8, 4) is 0 Å². The van der Waals surface area contributed by atoms with Gasteiger partial charge in [0, 0.05) is 11.9 Å². The minimum atomic E-state index is 0.420. The molecule has 1 nitrogen and oxygen atoms in total. The van der Waals surface area contributed by atoms with Gasteiger partial charge in [-0.1, -0.05) is 56.0 Å². The number of likely N-dealkylation sites (tertiary alicyclic amines) is 1. The first kappa shape index (κ1) is 15.8. The Bertz CT molecular complexity index is 265. The van der Waals surface area contributed by atoms with Gasteiger partial charge in [-0.2, -0.15) is 0 Å². The van der Waals surface area contributed by atoms with Gasteiger partial charge in [0.25, 0.3) is 0 Å². The van der Waals surface area contributed by atoms with Crippen molar-refractivity contribution in [2.75, 3.05) is 25.0 Å². The summed E-state index contributed by atoms with van der Waals surface area (Å²) in [6, 6.07) is 0. The van der Waals surface area contributed by atoms with Crippen LogP contribution in [0.4, 0.5) is 0 Å². The highest BCUT2D eigenvalue weighted by molar-refractivity contribution is 9.09. The number of nitrogens with zero attached hydrogens (tertiary/aromatic N) is 1. The van der Waals surface area contributed by atoms with E-state index in [9.17, 15) is 0 Å². The summed E-state index contributed by atoms with van der Waals surface area (Å²) in [6.07, 6.45) is 10.4. The fourth-order valence-electron chi connectivity index (χ4n) is 3.88. The van der Waals surface area contributed by atoms with Crippen LogP contribution in [0.1, 0.15) is 65.7 Å². The molecule has 2 rings (SSSR count). The van der Waals surface area contributed by atoms with E-state index >= 15 is 0 Å². The van der Waals surface area contributed by atoms with E-state index in [1.165, 1.54) is 64.6 Å². The third kappa shape index (κ3) is 4.20. The Balaban J connectivity index is 1.82. The molecule has 2 heteroatoms. The number of hydrogen-bond donors (Lipinski definition) is 0. The zero-order valence-electron chi connectivity index (χ0n) is 13.2. The molecule has 1 unspecified atom stereocenters. The van der Waals surface area contributed by atoms with Crippen molar-refractivity contribution in [3.05, 3.63) is 0 Å². The first-order valence-electron chi connectivity index (χ1n) is 8.24. The van der Waals surface area contributed by atoms with Crippen molar-refractivity contribution >= 4 is 15.9 Å². The fourth-order valence-corrected chi connectivity index (χ4v) is 5.05. The lowest BCUT2D eigenvalue weighted by Crippen LogP contribution is -2.44. The van der Waals surface area contributed by atoms with Gasteiger partial charge in [-0.15, -0.1) is 0 Å². The van der Waals surface area contributed by atoms with Crippen LogP contribution in [0.5, 0.6) is 0 Å². The van der Waals surface area contributed by atoms with Gasteiger partial charge in [0.05, 0.1) is 0 Å². The van der Waals surface area contributed by atoms with Crippen molar-refractivity contribution in [3.63, 3.8) is 0 Å². The third-order valence-corrected chi connectivity index (χ3v) is 6.50. The van der Waals surface area contributed by atoms with E-state index in [2.05, 4.69) is 41.6 Å². The van der Waals surface area contributed by atoms with Gasteiger partial charge in [-0.05, 0) is 55.5 Å². The predicted molar refractivity (Wildman–Crippen MR) is 87.9 cm³/mol. The molecule has 1 saturated carbocycles. The fraction of sp³-hybridized carbons (Fsp3) is 1.00. The normalized spacial score (nSPS) is 26.5. The summed E-state index contributed by atoms with van der Waals surface area (Å²) in [5.41, 5.74) is 1.17. The molecule has 1 heterocycles. The summed E-state index contributed by atoms with van der Waals surface area (Å²) in [7, 11) is 0. The molecule has 2 aliphatic rings. The second-order valence-corrected chi connectivity index (χ2v) is 8.73. The van der Waals surface area contributed by atoms with E-state index in [1.54, 1.807) is 0 Å². The third-order valence-electron chi connectivity index (χ3n) is 5.72. The van der Waals surface area contributed by atoms with Crippen LogP contribution in [0.15, 0.2) is 0 Å². The Morgan fingerprint density at radius 3 is 2.05 bits per heavy atom. The molecule has 2 fully saturated rings. The first-order valence-corrected chi connectivity index (χ1v) is 9.36. The molecule has 112 valence electrons. The quantitative estimate of drug-likeness (QED) is 0.652. The van der Waals surface area contributed by atoms with Gasteiger partial charge in [-0.3, -0.25) is 0 Å². The van der Waals surface area contributed by atoms with Gasteiger partial charge in [-0.25, -0.2) is 0 Å². The monoisotopic (exact) mass is 329 g/mol. The van der Waals surface area contributed by atoms with E-state index in [-0.39, 0.29) is 0 Å². The van der Waals surface area contributed by atoms with Crippen LogP contribution in [0, 0.1) is 16.7 Å². The molecule has 1 aliphatic carbocycles. The maximum Gasteiger partial charge on any atom is 0.00768 e. The lowest BCUT2D eigenvalue weighted by molar-refractivity contribution is 0.0505. The number of hydrogen-bond acceptors (Lipinski definition) is 1. The Kier molecular flexibility index (Phi) is 5.39. The molecule has 0 radical (unpaired) electrons. The van der Waals surface area contributed by atoms with Crippen LogP contribution < -0.4 is 0 Å². The highest BCUT2D eigenvalue weighted by atomic mass is 79.9. The van der Waals surface area contributed by atoms with Crippen LogP contribution in [0.25, 0.3) is 0 Å². The number of halogens is 1. The van der Waals surface area contributed by atoms with Gasteiger partial charge in [0.2, 0.25) is 0 Å². The average Bonchev–Trinajstić information content (AvgIpc) is 2.38. The Hall–Kier alpha value is 0.440. The van der Waals surface area contributed by atoms with Crippen molar-refractivity contribution in [1.29, 1.82) is 0 Å². The van der Waals surface area contributed by atoms with Gasteiger partial charge < -0.3 is 4.90 Å². The molecule has 0 aromatic heterocycles. The minimum Gasteiger partial charge on any atom is -0.303 e. The summed E-state index contributed by atoms with van der Waals surface area (Å²) in [5.74, 6) is 0.771. The molecular weight excluding hydrogens is 298 g/mol. The molecule has 1 spiro atoms. The summed E-state index contributed by atoms with van der Waals surface area (Å²) >= 11 is 3.72. The highest BCUT2D eigenvalue weighted by Crippen LogP contribution is 2.44. The van der Waals surface area contributed by atoms with Crippen LogP contribution >= 0.6 is 15.9 Å². The van der Waals surface area contributed by atoms with Crippen LogP contribution in [0.3, 0.4) is 0 Å². The average molecular weight is 330 g/mol. The zero-order chi connectivity index (χ0) is 13.9.